The minimum Gasteiger partial charge on any atom is -0.320 e. The molecule has 3 aromatic rings. The van der Waals surface area contributed by atoms with Crippen LogP contribution in [0.3, 0.4) is 0 Å². The zero-order valence-corrected chi connectivity index (χ0v) is 14.6. The fraction of sp³-hybridized carbons (Fsp3) is 0.0625. The minimum absolute atomic E-state index is 0.0987. The summed E-state index contributed by atoms with van der Waals surface area (Å²) in [6.07, 6.45) is 2.90. The van der Waals surface area contributed by atoms with Crippen LogP contribution in [-0.4, -0.2) is 25.6 Å². The highest BCUT2D eigenvalue weighted by Crippen LogP contribution is 2.26. The van der Waals surface area contributed by atoms with Gasteiger partial charge in [-0.25, -0.2) is 9.67 Å². The van der Waals surface area contributed by atoms with Gasteiger partial charge in [-0.05, 0) is 31.2 Å². The van der Waals surface area contributed by atoms with Gasteiger partial charge in [0, 0.05) is 21.7 Å². The predicted molar refractivity (Wildman–Crippen MR) is 94.8 cm³/mol. The van der Waals surface area contributed by atoms with Crippen molar-refractivity contribution in [3.8, 4) is 5.69 Å². The molecule has 0 saturated carbocycles. The molecule has 1 aromatic heterocycles. The number of nitrogens with one attached hydrogen (secondary N) is 1. The molecule has 0 atom stereocenters. The van der Waals surface area contributed by atoms with E-state index in [1.165, 1.54) is 23.4 Å². The summed E-state index contributed by atoms with van der Waals surface area (Å²) in [6.45, 7) is 1.62. The molecule has 1 heterocycles. The monoisotopic (exact) mass is 401 g/mol. The summed E-state index contributed by atoms with van der Waals surface area (Å²) >= 11 is 3.36. The van der Waals surface area contributed by atoms with Crippen molar-refractivity contribution in [3.05, 3.63) is 74.8 Å². The molecule has 2 aromatic carbocycles. The van der Waals surface area contributed by atoms with Gasteiger partial charge in [0.2, 0.25) is 0 Å². The van der Waals surface area contributed by atoms with Crippen LogP contribution in [-0.2, 0) is 0 Å². The third-order valence-corrected chi connectivity index (χ3v) is 4.03. The number of anilines is 1. The van der Waals surface area contributed by atoms with Gasteiger partial charge < -0.3 is 5.32 Å². The van der Waals surface area contributed by atoms with Gasteiger partial charge in [-0.15, -0.1) is 0 Å². The fourth-order valence-corrected chi connectivity index (χ4v) is 2.64. The van der Waals surface area contributed by atoms with Crippen LogP contribution in [0.5, 0.6) is 0 Å². The highest BCUT2D eigenvalue weighted by atomic mass is 79.9. The molecule has 0 aliphatic rings. The van der Waals surface area contributed by atoms with E-state index in [9.17, 15) is 14.9 Å². The van der Waals surface area contributed by atoms with Crippen molar-refractivity contribution in [2.24, 2.45) is 0 Å². The zero-order valence-electron chi connectivity index (χ0n) is 13.0. The smallest absolute Gasteiger partial charge is 0.273 e. The third kappa shape index (κ3) is 3.56. The topological polar surface area (TPSA) is 103 Å². The number of nitrogens with zero attached hydrogens (tertiary/aromatic N) is 4. The van der Waals surface area contributed by atoms with Crippen LogP contribution >= 0.6 is 15.9 Å². The standard InChI is InChI=1S/C16H12BrN5O3/c1-10-2-3-11(6-15(10)22(24)25)16(23)20-13-7-12(17)4-5-14(13)21-9-18-8-19-21/h2-9H,1H3,(H,20,23). The van der Waals surface area contributed by atoms with Gasteiger partial charge in [0.15, 0.2) is 0 Å². The molecular formula is C16H12BrN5O3. The molecule has 0 fully saturated rings. The molecule has 8 nitrogen and oxygen atoms in total. The van der Waals surface area contributed by atoms with Crippen LogP contribution in [0.25, 0.3) is 5.69 Å². The number of carbonyl (C=O) groups excluding carboxylic acids is 1. The first-order chi connectivity index (χ1) is 12.0. The molecular weight excluding hydrogens is 390 g/mol. The summed E-state index contributed by atoms with van der Waals surface area (Å²) in [5.74, 6) is -0.456. The van der Waals surface area contributed by atoms with Gasteiger partial charge in [0.25, 0.3) is 11.6 Å². The highest BCUT2D eigenvalue weighted by molar-refractivity contribution is 9.10. The Morgan fingerprint density at radius 1 is 1.28 bits per heavy atom. The maximum absolute atomic E-state index is 12.5. The number of halogens is 1. The number of rotatable bonds is 4. The van der Waals surface area contributed by atoms with Crippen molar-refractivity contribution in [2.75, 3.05) is 5.32 Å². The van der Waals surface area contributed by atoms with E-state index in [1.54, 1.807) is 31.2 Å². The lowest BCUT2D eigenvalue weighted by molar-refractivity contribution is -0.385. The lowest BCUT2D eigenvalue weighted by atomic mass is 10.1. The van der Waals surface area contributed by atoms with E-state index in [-0.39, 0.29) is 11.3 Å². The Morgan fingerprint density at radius 3 is 2.76 bits per heavy atom. The number of aryl methyl sites for hydroxylation is 1. The molecule has 0 spiro atoms. The highest BCUT2D eigenvalue weighted by Gasteiger charge is 2.16. The number of nitro benzene ring substituents is 1. The second-order valence-corrected chi connectivity index (χ2v) is 6.13. The molecule has 25 heavy (non-hydrogen) atoms. The molecule has 126 valence electrons. The number of hydrogen-bond donors (Lipinski definition) is 1. The van der Waals surface area contributed by atoms with Gasteiger partial charge >= 0.3 is 0 Å². The summed E-state index contributed by atoms with van der Waals surface area (Å²) in [4.78, 5) is 27.0. The normalized spacial score (nSPS) is 10.5. The Kier molecular flexibility index (Phi) is 4.57. The van der Waals surface area contributed by atoms with Crippen LogP contribution in [0, 0.1) is 17.0 Å². The Bertz CT molecular complexity index is 956. The first-order valence-corrected chi connectivity index (χ1v) is 7.96. The van der Waals surface area contributed by atoms with E-state index in [0.717, 1.165) is 4.47 Å². The number of aromatic nitrogens is 3. The van der Waals surface area contributed by atoms with Crippen molar-refractivity contribution in [3.63, 3.8) is 0 Å². The van der Waals surface area contributed by atoms with Crippen molar-refractivity contribution in [1.29, 1.82) is 0 Å². The molecule has 9 heteroatoms. The zero-order chi connectivity index (χ0) is 18.0. The van der Waals surface area contributed by atoms with E-state index in [2.05, 4.69) is 31.3 Å². The third-order valence-electron chi connectivity index (χ3n) is 3.54. The molecule has 3 rings (SSSR count). The number of amides is 1. The van der Waals surface area contributed by atoms with E-state index < -0.39 is 10.8 Å². The van der Waals surface area contributed by atoms with E-state index in [4.69, 9.17) is 0 Å². The molecule has 1 N–H and O–H groups in total. The number of nitro groups is 1. The van der Waals surface area contributed by atoms with Gasteiger partial charge in [-0.2, -0.15) is 5.10 Å². The predicted octanol–water partition coefficient (Wildman–Crippen LogP) is 3.50. The van der Waals surface area contributed by atoms with Gasteiger partial charge in [-0.1, -0.05) is 22.0 Å². The van der Waals surface area contributed by atoms with E-state index >= 15 is 0 Å². The molecule has 0 unspecified atom stereocenters. The van der Waals surface area contributed by atoms with Crippen LogP contribution in [0.1, 0.15) is 15.9 Å². The second-order valence-electron chi connectivity index (χ2n) is 5.21. The molecule has 0 bridgehead atoms. The van der Waals surface area contributed by atoms with Crippen LogP contribution < -0.4 is 5.32 Å². The largest absolute Gasteiger partial charge is 0.320 e. The average Bonchev–Trinajstić information content (AvgIpc) is 3.09. The molecule has 1 amide bonds. The van der Waals surface area contributed by atoms with E-state index in [0.29, 0.717) is 16.9 Å². The second kappa shape index (κ2) is 6.81. The van der Waals surface area contributed by atoms with Crippen molar-refractivity contribution in [2.45, 2.75) is 6.92 Å². The Hall–Kier alpha value is -3.07. The minimum atomic E-state index is -0.508. The Labute approximate surface area is 150 Å². The lowest BCUT2D eigenvalue weighted by Crippen LogP contribution is -2.14. The number of hydrogen-bond acceptors (Lipinski definition) is 5. The quantitative estimate of drug-likeness (QED) is 0.532. The number of benzene rings is 2. The number of carbonyl (C=O) groups is 1. The Morgan fingerprint density at radius 2 is 2.08 bits per heavy atom. The van der Waals surface area contributed by atoms with Gasteiger partial charge in [0.05, 0.1) is 16.3 Å². The molecule has 0 aliphatic heterocycles. The van der Waals surface area contributed by atoms with Gasteiger partial charge in [-0.3, -0.25) is 14.9 Å². The fourth-order valence-electron chi connectivity index (χ4n) is 2.28. The summed E-state index contributed by atoms with van der Waals surface area (Å²) in [6, 6.07) is 9.65. The molecule has 0 saturated heterocycles. The maximum atomic E-state index is 12.5. The first-order valence-electron chi connectivity index (χ1n) is 7.16. The SMILES string of the molecule is Cc1ccc(C(=O)Nc2cc(Br)ccc2-n2cncn2)cc1[N+](=O)[O-]. The van der Waals surface area contributed by atoms with Crippen LogP contribution in [0.2, 0.25) is 0 Å². The van der Waals surface area contributed by atoms with Crippen molar-refractivity contribution in [1.82, 2.24) is 14.8 Å². The van der Waals surface area contributed by atoms with Crippen LogP contribution in [0.4, 0.5) is 11.4 Å². The lowest BCUT2D eigenvalue weighted by Gasteiger charge is -2.11. The summed E-state index contributed by atoms with van der Waals surface area (Å²) in [5, 5.41) is 17.9. The van der Waals surface area contributed by atoms with Crippen LogP contribution in [0.15, 0.2) is 53.5 Å². The van der Waals surface area contributed by atoms with E-state index in [1.807, 2.05) is 6.07 Å². The van der Waals surface area contributed by atoms with Crippen molar-refractivity contribution < 1.29 is 9.72 Å². The summed E-state index contributed by atoms with van der Waals surface area (Å²) < 4.78 is 2.28. The molecule has 0 aliphatic carbocycles. The van der Waals surface area contributed by atoms with Crippen molar-refractivity contribution >= 4 is 33.2 Å². The molecule has 0 radical (unpaired) electrons. The van der Waals surface area contributed by atoms with Gasteiger partial charge in [0.1, 0.15) is 12.7 Å². The average molecular weight is 402 g/mol. The Balaban J connectivity index is 1.95. The summed E-state index contributed by atoms with van der Waals surface area (Å²) in [7, 11) is 0. The maximum Gasteiger partial charge on any atom is 0.273 e. The summed E-state index contributed by atoms with van der Waals surface area (Å²) in [5.41, 5.74) is 1.70. The first kappa shape index (κ1) is 16.8.